The van der Waals surface area contributed by atoms with Crippen molar-refractivity contribution in [2.45, 2.75) is 51.4 Å². The molecular formula is C27H22Cl4N4O2. The standard InChI is InChI=1S/C27H22Cl4N4O2/c1-26(2)5-7-34-8-6-27(3,4)14-20(34)13(26)10-11-9-12-23-32-19-17(30)15(28)16(29)18(31)21(19)35(23)25(36)33-24(12)37-22(11)14/h9-10H,5-8H2,1-4H3. The molecule has 10 heteroatoms. The highest BCUT2D eigenvalue weighted by Crippen LogP contribution is 2.52. The molecule has 0 saturated heterocycles. The first-order valence-corrected chi connectivity index (χ1v) is 13.7. The van der Waals surface area contributed by atoms with Crippen LogP contribution in [-0.2, 0) is 10.8 Å². The molecule has 2 aliphatic rings. The molecule has 0 saturated carbocycles. The topological polar surface area (TPSA) is 63.6 Å². The number of anilines is 1. The van der Waals surface area contributed by atoms with Gasteiger partial charge in [-0.15, -0.1) is 0 Å². The van der Waals surface area contributed by atoms with Crippen molar-refractivity contribution in [2.75, 3.05) is 18.0 Å². The number of benzene rings is 2. The molecule has 7 rings (SSSR count). The summed E-state index contributed by atoms with van der Waals surface area (Å²) in [4.78, 5) is 24.8. The van der Waals surface area contributed by atoms with E-state index in [-0.39, 0.29) is 47.7 Å². The van der Waals surface area contributed by atoms with Crippen LogP contribution in [-0.4, -0.2) is 27.5 Å². The van der Waals surface area contributed by atoms with Crippen molar-refractivity contribution in [1.82, 2.24) is 14.4 Å². The maximum absolute atomic E-state index is 13.3. The Bertz CT molecular complexity index is 1920. The van der Waals surface area contributed by atoms with Gasteiger partial charge in [0.2, 0.25) is 5.71 Å². The number of halogens is 4. The Balaban J connectivity index is 1.67. The number of fused-ring (bicyclic) bond motifs is 7. The predicted octanol–water partition coefficient (Wildman–Crippen LogP) is 7.92. The molecule has 0 bridgehead atoms. The van der Waals surface area contributed by atoms with Crippen LogP contribution < -0.4 is 10.6 Å². The smallest absolute Gasteiger partial charge is 0.357 e. The molecule has 0 atom stereocenters. The van der Waals surface area contributed by atoms with Crippen LogP contribution in [0.15, 0.2) is 21.3 Å². The van der Waals surface area contributed by atoms with E-state index in [9.17, 15) is 4.79 Å². The second kappa shape index (κ2) is 7.44. The average Bonchev–Trinajstić information content (AvgIpc) is 3.25. The summed E-state index contributed by atoms with van der Waals surface area (Å²) in [6, 6.07) is 4.23. The van der Waals surface area contributed by atoms with E-state index in [1.165, 1.54) is 21.2 Å². The monoisotopic (exact) mass is 574 g/mol. The Morgan fingerprint density at radius 2 is 1.57 bits per heavy atom. The first-order chi connectivity index (χ1) is 17.4. The minimum absolute atomic E-state index is 0.0140. The van der Waals surface area contributed by atoms with Gasteiger partial charge in [-0.3, -0.25) is 0 Å². The van der Waals surface area contributed by atoms with E-state index in [0.717, 1.165) is 36.9 Å². The molecule has 5 heterocycles. The number of hydrogen-bond acceptors (Lipinski definition) is 5. The lowest BCUT2D eigenvalue weighted by Crippen LogP contribution is -2.44. The van der Waals surface area contributed by atoms with E-state index >= 15 is 0 Å². The van der Waals surface area contributed by atoms with Crippen molar-refractivity contribution in [3.63, 3.8) is 0 Å². The van der Waals surface area contributed by atoms with Crippen molar-refractivity contribution < 1.29 is 4.42 Å². The lowest BCUT2D eigenvalue weighted by molar-refractivity contribution is 0.400. The van der Waals surface area contributed by atoms with Crippen molar-refractivity contribution in [3.8, 4) is 0 Å². The molecule has 6 nitrogen and oxygen atoms in total. The fraction of sp³-hybridized carbons (Fsp3) is 0.370. The van der Waals surface area contributed by atoms with Gasteiger partial charge in [-0.1, -0.05) is 74.1 Å². The maximum Gasteiger partial charge on any atom is 0.357 e. The summed E-state index contributed by atoms with van der Waals surface area (Å²) in [6.07, 6.45) is 2.08. The minimum Gasteiger partial charge on any atom is -0.437 e. The fourth-order valence-electron chi connectivity index (χ4n) is 6.08. The third kappa shape index (κ3) is 3.04. The third-order valence-corrected chi connectivity index (χ3v) is 10.0. The van der Waals surface area contributed by atoms with Crippen LogP contribution in [0.1, 0.15) is 51.7 Å². The first kappa shape index (κ1) is 23.8. The van der Waals surface area contributed by atoms with E-state index in [4.69, 9.17) is 50.8 Å². The van der Waals surface area contributed by atoms with E-state index in [0.29, 0.717) is 11.0 Å². The van der Waals surface area contributed by atoms with Crippen molar-refractivity contribution in [3.05, 3.63) is 53.8 Å². The zero-order chi connectivity index (χ0) is 26.2. The molecule has 3 aromatic heterocycles. The Labute approximate surface area is 232 Å². The number of aromatic nitrogens is 3. The molecule has 0 unspecified atom stereocenters. The van der Waals surface area contributed by atoms with E-state index in [2.05, 4.69) is 48.6 Å². The minimum atomic E-state index is -0.585. The molecule has 0 radical (unpaired) electrons. The highest BCUT2D eigenvalue weighted by atomic mass is 35.5. The fourth-order valence-corrected chi connectivity index (χ4v) is 7.04. The summed E-state index contributed by atoms with van der Waals surface area (Å²) in [5.41, 5.74) is 4.94. The van der Waals surface area contributed by atoms with Gasteiger partial charge in [-0.2, -0.15) is 4.98 Å². The van der Waals surface area contributed by atoms with Gasteiger partial charge in [-0.05, 0) is 41.4 Å². The molecule has 0 N–H and O–H groups in total. The van der Waals surface area contributed by atoms with Crippen LogP contribution in [0.25, 0.3) is 38.7 Å². The van der Waals surface area contributed by atoms with Gasteiger partial charge in [0.05, 0.1) is 31.0 Å². The summed E-state index contributed by atoms with van der Waals surface area (Å²) in [6.45, 7) is 11.1. The first-order valence-electron chi connectivity index (χ1n) is 12.2. The molecular weight excluding hydrogens is 554 g/mol. The van der Waals surface area contributed by atoms with Crippen molar-refractivity contribution in [1.29, 1.82) is 0 Å². The zero-order valence-corrected chi connectivity index (χ0v) is 23.6. The summed E-state index contributed by atoms with van der Waals surface area (Å²) < 4.78 is 7.83. The van der Waals surface area contributed by atoms with Gasteiger partial charge >= 0.3 is 5.69 Å². The quantitative estimate of drug-likeness (QED) is 0.107. The van der Waals surface area contributed by atoms with Gasteiger partial charge < -0.3 is 9.32 Å². The average molecular weight is 576 g/mol. The molecule has 5 aromatic rings. The maximum atomic E-state index is 13.3. The molecule has 0 aliphatic carbocycles. The number of imidazole rings is 1. The molecule has 0 amide bonds. The van der Waals surface area contributed by atoms with Gasteiger partial charge in [0, 0.05) is 29.7 Å². The highest BCUT2D eigenvalue weighted by molar-refractivity contribution is 6.55. The Morgan fingerprint density at radius 1 is 0.892 bits per heavy atom. The lowest BCUT2D eigenvalue weighted by Gasteiger charge is -2.48. The third-order valence-electron chi connectivity index (χ3n) is 8.25. The van der Waals surface area contributed by atoms with Crippen LogP contribution in [0.2, 0.25) is 20.1 Å². The van der Waals surface area contributed by atoms with Crippen LogP contribution >= 0.6 is 46.4 Å². The van der Waals surface area contributed by atoms with Gasteiger partial charge in [0.15, 0.2) is 5.65 Å². The highest BCUT2D eigenvalue weighted by Gasteiger charge is 2.42. The van der Waals surface area contributed by atoms with Crippen LogP contribution in [0.3, 0.4) is 0 Å². The van der Waals surface area contributed by atoms with E-state index in [1.807, 2.05) is 6.07 Å². The van der Waals surface area contributed by atoms with Crippen LogP contribution in [0.5, 0.6) is 0 Å². The molecule has 2 aliphatic heterocycles. The Kier molecular flexibility index (Phi) is 4.79. The molecule has 190 valence electrons. The molecule has 37 heavy (non-hydrogen) atoms. The number of nitrogens with zero attached hydrogens (tertiary/aromatic N) is 4. The SMILES string of the molecule is CC1(C)CCN2CCC(C)(C)c3c2c1cc1cc2c(nc(=O)n4c2nc2c(Cl)c(Cl)c(Cl)c(Cl)c24)oc31. The molecule has 0 spiro atoms. The Morgan fingerprint density at radius 3 is 2.30 bits per heavy atom. The second-order valence-corrected chi connectivity index (χ2v) is 12.9. The molecule has 0 fully saturated rings. The largest absolute Gasteiger partial charge is 0.437 e. The Hall–Kier alpha value is -2.25. The molecule has 2 aromatic carbocycles. The normalized spacial score (nSPS) is 18.3. The summed E-state index contributed by atoms with van der Waals surface area (Å²) >= 11 is 25.6. The van der Waals surface area contributed by atoms with E-state index in [1.54, 1.807) is 0 Å². The number of hydrogen-bond donors (Lipinski definition) is 0. The van der Waals surface area contributed by atoms with Crippen molar-refractivity contribution >= 4 is 90.8 Å². The van der Waals surface area contributed by atoms with Crippen LogP contribution in [0, 0.1) is 0 Å². The zero-order valence-electron chi connectivity index (χ0n) is 20.6. The van der Waals surface area contributed by atoms with Crippen LogP contribution in [0.4, 0.5) is 5.69 Å². The van der Waals surface area contributed by atoms with E-state index < -0.39 is 5.69 Å². The van der Waals surface area contributed by atoms with Crippen molar-refractivity contribution in [2.24, 2.45) is 0 Å². The van der Waals surface area contributed by atoms with Gasteiger partial charge in [0.25, 0.3) is 0 Å². The number of rotatable bonds is 0. The second-order valence-electron chi connectivity index (χ2n) is 11.4. The summed E-state index contributed by atoms with van der Waals surface area (Å²) in [5, 5.41) is 1.88. The lowest BCUT2D eigenvalue weighted by atomic mass is 9.69. The summed E-state index contributed by atoms with van der Waals surface area (Å²) in [5.74, 6) is 0. The predicted molar refractivity (Wildman–Crippen MR) is 152 cm³/mol. The van der Waals surface area contributed by atoms with Gasteiger partial charge in [-0.25, -0.2) is 14.2 Å². The summed E-state index contributed by atoms with van der Waals surface area (Å²) in [7, 11) is 0. The van der Waals surface area contributed by atoms with Gasteiger partial charge in [0.1, 0.15) is 11.1 Å².